The Hall–Kier alpha value is -3.71. The van der Waals surface area contributed by atoms with Crippen molar-refractivity contribution in [3.63, 3.8) is 0 Å². The first-order chi connectivity index (χ1) is 16.4. The number of ketones is 2. The number of thioether (sulfide) groups is 1. The van der Waals surface area contributed by atoms with E-state index in [1.165, 1.54) is 18.7 Å². The van der Waals surface area contributed by atoms with Crippen molar-refractivity contribution >= 4 is 56.8 Å². The first-order valence-electron chi connectivity index (χ1n) is 11.0. The van der Waals surface area contributed by atoms with E-state index >= 15 is 0 Å². The molecule has 0 saturated carbocycles. The number of hydrogen-bond acceptors (Lipinski definition) is 6. The van der Waals surface area contributed by atoms with Crippen LogP contribution in [0.2, 0.25) is 0 Å². The highest BCUT2D eigenvalue weighted by Gasteiger charge is 2.29. The van der Waals surface area contributed by atoms with Crippen LogP contribution in [-0.2, 0) is 16.2 Å². The van der Waals surface area contributed by atoms with Gasteiger partial charge in [-0.1, -0.05) is 29.4 Å². The maximum Gasteiger partial charge on any atom is 0.331 e. The van der Waals surface area contributed by atoms with Crippen molar-refractivity contribution in [1.82, 2.24) is 4.57 Å². The summed E-state index contributed by atoms with van der Waals surface area (Å²) in [5.74, 6) is -0.537. The van der Waals surface area contributed by atoms with Gasteiger partial charge in [-0.3, -0.25) is 9.59 Å². The molecule has 4 aromatic rings. The number of fused-ring (bicyclic) bond motifs is 5. The Morgan fingerprint density at radius 2 is 1.85 bits per heavy atom. The van der Waals surface area contributed by atoms with Crippen LogP contribution in [0.15, 0.2) is 64.6 Å². The summed E-state index contributed by atoms with van der Waals surface area (Å²) in [5, 5.41) is 5.65. The molecule has 0 amide bonds. The minimum Gasteiger partial charge on any atom is -0.341 e. The smallest absolute Gasteiger partial charge is 0.331 e. The molecule has 7 heteroatoms. The number of aromatic nitrogens is 1. The van der Waals surface area contributed by atoms with Crippen molar-refractivity contribution < 1.29 is 19.2 Å². The standard InChI is InChI=1S/C27H22N2O4S/c1-4-29-22-11-9-17(25(31)18-8-6-5-7-15(18)2)13-20(22)24-23(29)12-10-19-26(32)21(14-34-27(19)24)28-33-16(3)30/h5-13H,4,14H2,1-3H3/b28-21+. The molecule has 0 spiro atoms. The van der Waals surface area contributed by atoms with Gasteiger partial charge in [-0.2, -0.15) is 0 Å². The van der Waals surface area contributed by atoms with Gasteiger partial charge in [-0.05, 0) is 49.7 Å². The van der Waals surface area contributed by atoms with E-state index in [9.17, 15) is 14.4 Å². The molecule has 0 saturated heterocycles. The summed E-state index contributed by atoms with van der Waals surface area (Å²) in [7, 11) is 0. The van der Waals surface area contributed by atoms with Crippen LogP contribution in [0.4, 0.5) is 0 Å². The number of Topliss-reactive ketones (excluding diaryl/α,β-unsaturated/α-hetero) is 1. The van der Waals surface area contributed by atoms with Crippen LogP contribution < -0.4 is 0 Å². The quantitative estimate of drug-likeness (QED) is 0.222. The number of benzene rings is 3. The predicted molar refractivity (Wildman–Crippen MR) is 134 cm³/mol. The third-order valence-corrected chi connectivity index (χ3v) is 7.23. The van der Waals surface area contributed by atoms with Crippen LogP contribution in [0.25, 0.3) is 21.8 Å². The Kier molecular flexibility index (Phi) is 5.57. The van der Waals surface area contributed by atoms with E-state index in [1.54, 1.807) is 6.07 Å². The molecule has 5 rings (SSSR count). The molecule has 2 heterocycles. The SMILES string of the molecule is CCn1c2ccc(C(=O)c3ccccc3C)cc2c2c3c(ccc21)C(=O)/C(=N/OC(C)=O)CS3. The number of rotatable bonds is 4. The Balaban J connectivity index is 1.71. The van der Waals surface area contributed by atoms with Crippen molar-refractivity contribution in [1.29, 1.82) is 0 Å². The third-order valence-electron chi connectivity index (χ3n) is 6.10. The second-order valence-electron chi connectivity index (χ2n) is 8.20. The van der Waals surface area contributed by atoms with Crippen molar-refractivity contribution in [3.8, 4) is 0 Å². The van der Waals surface area contributed by atoms with E-state index < -0.39 is 5.97 Å². The Bertz CT molecular complexity index is 1550. The molecular weight excluding hydrogens is 448 g/mol. The van der Waals surface area contributed by atoms with Gasteiger partial charge in [0.05, 0.1) is 5.52 Å². The van der Waals surface area contributed by atoms with E-state index in [4.69, 9.17) is 4.84 Å². The summed E-state index contributed by atoms with van der Waals surface area (Å²) in [5.41, 5.74) is 4.98. The second kappa shape index (κ2) is 8.57. The van der Waals surface area contributed by atoms with Crippen LogP contribution in [-0.4, -0.2) is 33.6 Å². The molecule has 0 unspecified atom stereocenters. The van der Waals surface area contributed by atoms with E-state index in [1.807, 2.05) is 55.5 Å². The third kappa shape index (κ3) is 3.53. The summed E-state index contributed by atoms with van der Waals surface area (Å²) >= 11 is 1.49. The van der Waals surface area contributed by atoms with E-state index in [0.717, 1.165) is 38.8 Å². The van der Waals surface area contributed by atoms with Crippen LogP contribution in [0, 0.1) is 6.92 Å². The average molecular weight is 471 g/mol. The summed E-state index contributed by atoms with van der Waals surface area (Å²) in [6.45, 7) is 6.01. The fraction of sp³-hybridized carbons (Fsp3) is 0.185. The fourth-order valence-corrected chi connectivity index (χ4v) is 5.64. The fourth-order valence-electron chi connectivity index (χ4n) is 4.50. The van der Waals surface area contributed by atoms with Crippen LogP contribution >= 0.6 is 11.8 Å². The largest absolute Gasteiger partial charge is 0.341 e. The highest BCUT2D eigenvalue weighted by Crippen LogP contribution is 2.41. The molecule has 1 aliphatic rings. The minimum atomic E-state index is -0.566. The molecule has 0 radical (unpaired) electrons. The average Bonchev–Trinajstić information content (AvgIpc) is 3.16. The topological polar surface area (TPSA) is 77.7 Å². The van der Waals surface area contributed by atoms with Crippen molar-refractivity contribution in [2.24, 2.45) is 5.16 Å². The normalized spacial score (nSPS) is 14.6. The second-order valence-corrected chi connectivity index (χ2v) is 9.18. The van der Waals surface area contributed by atoms with E-state index in [0.29, 0.717) is 22.4 Å². The zero-order chi connectivity index (χ0) is 24.0. The molecule has 1 aliphatic heterocycles. The molecule has 0 N–H and O–H groups in total. The molecule has 34 heavy (non-hydrogen) atoms. The summed E-state index contributed by atoms with van der Waals surface area (Å²) in [6.07, 6.45) is 0. The lowest BCUT2D eigenvalue weighted by Gasteiger charge is -2.17. The molecule has 6 nitrogen and oxygen atoms in total. The molecule has 3 aromatic carbocycles. The van der Waals surface area contributed by atoms with Gasteiger partial charge in [-0.25, -0.2) is 4.79 Å². The number of carbonyl (C=O) groups is 3. The van der Waals surface area contributed by atoms with Gasteiger partial charge in [0, 0.05) is 57.1 Å². The van der Waals surface area contributed by atoms with Gasteiger partial charge >= 0.3 is 5.97 Å². The molecule has 0 aliphatic carbocycles. The van der Waals surface area contributed by atoms with Gasteiger partial charge in [0.25, 0.3) is 0 Å². The van der Waals surface area contributed by atoms with Crippen molar-refractivity contribution in [2.45, 2.75) is 32.2 Å². The highest BCUT2D eigenvalue weighted by molar-refractivity contribution is 8.00. The zero-order valence-electron chi connectivity index (χ0n) is 19.0. The first-order valence-corrected chi connectivity index (χ1v) is 12.0. The number of hydrogen-bond donors (Lipinski definition) is 0. The highest BCUT2D eigenvalue weighted by atomic mass is 32.2. The molecule has 0 bridgehead atoms. The molecule has 1 aromatic heterocycles. The Labute approximate surface area is 200 Å². The lowest BCUT2D eigenvalue weighted by Crippen LogP contribution is -2.23. The van der Waals surface area contributed by atoms with Crippen LogP contribution in [0.3, 0.4) is 0 Å². The maximum atomic E-state index is 13.3. The summed E-state index contributed by atoms with van der Waals surface area (Å²) in [6, 6.07) is 17.1. The van der Waals surface area contributed by atoms with Crippen LogP contribution in [0.1, 0.15) is 45.7 Å². The van der Waals surface area contributed by atoms with Crippen molar-refractivity contribution in [2.75, 3.05) is 5.75 Å². The Morgan fingerprint density at radius 3 is 2.59 bits per heavy atom. The van der Waals surface area contributed by atoms with Gasteiger partial charge < -0.3 is 9.40 Å². The lowest BCUT2D eigenvalue weighted by atomic mass is 9.97. The monoisotopic (exact) mass is 470 g/mol. The number of nitrogens with zero attached hydrogens (tertiary/aromatic N) is 2. The molecular formula is C27H22N2O4S. The van der Waals surface area contributed by atoms with Gasteiger partial charge in [0.15, 0.2) is 5.78 Å². The minimum absolute atomic E-state index is 0.0262. The molecule has 0 atom stereocenters. The Morgan fingerprint density at radius 1 is 1.09 bits per heavy atom. The van der Waals surface area contributed by atoms with Crippen LogP contribution in [0.5, 0.6) is 0 Å². The van der Waals surface area contributed by atoms with Gasteiger partial charge in [-0.15, -0.1) is 11.8 Å². The number of carbonyl (C=O) groups excluding carboxylic acids is 3. The first kappa shape index (κ1) is 22.1. The zero-order valence-corrected chi connectivity index (χ0v) is 19.9. The van der Waals surface area contributed by atoms with Crippen molar-refractivity contribution in [3.05, 3.63) is 76.9 Å². The predicted octanol–water partition coefficient (Wildman–Crippen LogP) is 5.56. The molecule has 170 valence electrons. The lowest BCUT2D eigenvalue weighted by molar-refractivity contribution is -0.140. The van der Waals surface area contributed by atoms with E-state index in [2.05, 4.69) is 16.6 Å². The number of aryl methyl sites for hydroxylation is 2. The molecule has 0 fully saturated rings. The van der Waals surface area contributed by atoms with E-state index in [-0.39, 0.29) is 17.3 Å². The van der Waals surface area contributed by atoms with Gasteiger partial charge in [0.1, 0.15) is 5.71 Å². The summed E-state index contributed by atoms with van der Waals surface area (Å²) in [4.78, 5) is 43.1. The number of oxime groups is 1. The van der Waals surface area contributed by atoms with Gasteiger partial charge in [0.2, 0.25) is 5.78 Å². The summed E-state index contributed by atoms with van der Waals surface area (Å²) < 4.78 is 2.19. The maximum absolute atomic E-state index is 13.3.